The minimum Gasteiger partial charge on any atom is -0.103 e. The fourth-order valence-corrected chi connectivity index (χ4v) is 5.09. The SMILES string of the molecule is C=CCC(C1CCC(C=C)C1)C(CCCC)C1C=CCC(=C)CC1. The number of hydrogen-bond donors (Lipinski definition) is 0. The van der Waals surface area contributed by atoms with Gasteiger partial charge in [0.25, 0.3) is 0 Å². The molecule has 0 heterocycles. The van der Waals surface area contributed by atoms with Crippen molar-refractivity contribution < 1.29 is 0 Å². The van der Waals surface area contributed by atoms with Gasteiger partial charge in [-0.05, 0) is 81.0 Å². The lowest BCUT2D eigenvalue weighted by molar-refractivity contribution is 0.164. The Morgan fingerprint density at radius 1 is 1.21 bits per heavy atom. The van der Waals surface area contributed by atoms with Crippen molar-refractivity contribution in [2.45, 2.75) is 71.1 Å². The summed E-state index contributed by atoms with van der Waals surface area (Å²) in [7, 11) is 0. The predicted octanol–water partition coefficient (Wildman–Crippen LogP) is 7.50. The third kappa shape index (κ3) is 5.23. The van der Waals surface area contributed by atoms with Crippen LogP contribution in [0.2, 0.25) is 0 Å². The second-order valence-electron chi connectivity index (χ2n) is 8.15. The molecule has 0 N–H and O–H groups in total. The van der Waals surface area contributed by atoms with Gasteiger partial charge in [0.05, 0.1) is 0 Å². The molecule has 0 aromatic heterocycles. The summed E-state index contributed by atoms with van der Waals surface area (Å²) in [5, 5.41) is 0. The molecule has 24 heavy (non-hydrogen) atoms. The summed E-state index contributed by atoms with van der Waals surface area (Å²) in [6, 6.07) is 0. The second kappa shape index (κ2) is 10.1. The summed E-state index contributed by atoms with van der Waals surface area (Å²) >= 11 is 0. The van der Waals surface area contributed by atoms with Gasteiger partial charge in [-0.2, -0.15) is 0 Å². The Balaban J connectivity index is 2.16. The molecule has 0 amide bonds. The van der Waals surface area contributed by atoms with Crippen molar-refractivity contribution in [1.82, 2.24) is 0 Å². The summed E-state index contributed by atoms with van der Waals surface area (Å²) in [4.78, 5) is 0. The van der Waals surface area contributed by atoms with Gasteiger partial charge in [-0.15, -0.1) is 13.2 Å². The van der Waals surface area contributed by atoms with Crippen molar-refractivity contribution in [3.8, 4) is 0 Å². The Hall–Kier alpha value is -1.04. The fourth-order valence-electron chi connectivity index (χ4n) is 5.09. The van der Waals surface area contributed by atoms with E-state index in [0.717, 1.165) is 36.0 Å². The highest BCUT2D eigenvalue weighted by atomic mass is 14.4. The first-order chi connectivity index (χ1) is 11.7. The molecule has 0 bridgehead atoms. The van der Waals surface area contributed by atoms with Gasteiger partial charge in [0.15, 0.2) is 0 Å². The van der Waals surface area contributed by atoms with Gasteiger partial charge < -0.3 is 0 Å². The second-order valence-corrected chi connectivity index (χ2v) is 8.15. The molecule has 2 rings (SSSR count). The van der Waals surface area contributed by atoms with E-state index in [-0.39, 0.29) is 0 Å². The van der Waals surface area contributed by atoms with Gasteiger partial charge in [0, 0.05) is 0 Å². The minimum atomic E-state index is 0.739. The quantitative estimate of drug-likeness (QED) is 0.385. The van der Waals surface area contributed by atoms with Crippen molar-refractivity contribution in [2.24, 2.45) is 29.6 Å². The van der Waals surface area contributed by atoms with E-state index in [0.29, 0.717) is 0 Å². The molecule has 0 spiro atoms. The Kier molecular flexibility index (Phi) is 8.09. The van der Waals surface area contributed by atoms with Gasteiger partial charge in [-0.25, -0.2) is 0 Å². The molecule has 0 heteroatoms. The third-order valence-corrected chi connectivity index (χ3v) is 6.50. The van der Waals surface area contributed by atoms with E-state index in [4.69, 9.17) is 0 Å². The maximum atomic E-state index is 4.23. The zero-order valence-corrected chi connectivity index (χ0v) is 15.9. The molecule has 0 nitrogen and oxygen atoms in total. The lowest BCUT2D eigenvalue weighted by Crippen LogP contribution is -2.28. The van der Waals surface area contributed by atoms with E-state index < -0.39 is 0 Å². The largest absolute Gasteiger partial charge is 0.103 e. The van der Waals surface area contributed by atoms with Crippen LogP contribution in [0.25, 0.3) is 0 Å². The maximum absolute atomic E-state index is 4.23. The molecule has 1 fully saturated rings. The average molecular weight is 327 g/mol. The number of hydrogen-bond acceptors (Lipinski definition) is 0. The lowest BCUT2D eigenvalue weighted by Gasteiger charge is -2.36. The highest BCUT2D eigenvalue weighted by molar-refractivity contribution is 5.09. The van der Waals surface area contributed by atoms with Crippen molar-refractivity contribution in [3.05, 3.63) is 49.6 Å². The van der Waals surface area contributed by atoms with Crippen molar-refractivity contribution >= 4 is 0 Å². The molecule has 5 unspecified atom stereocenters. The molecule has 5 atom stereocenters. The molecule has 0 aromatic rings. The Morgan fingerprint density at radius 3 is 2.71 bits per heavy atom. The standard InChI is InChI=1S/C24H38/c1-5-8-13-24(21-12-9-11-19(4)14-16-21)23(10-6-2)22-17-15-20(7-3)18-22/h6-7,9,12,20-24H,2-5,8,10-11,13-18H2,1H3. The van der Waals surface area contributed by atoms with Crippen LogP contribution < -0.4 is 0 Å². The van der Waals surface area contributed by atoms with E-state index in [1.807, 2.05) is 0 Å². The number of rotatable bonds is 9. The molecule has 0 aliphatic heterocycles. The van der Waals surface area contributed by atoms with Crippen LogP contribution in [0, 0.1) is 29.6 Å². The predicted molar refractivity (Wildman–Crippen MR) is 108 cm³/mol. The van der Waals surface area contributed by atoms with Gasteiger partial charge in [0.1, 0.15) is 0 Å². The smallest absolute Gasteiger partial charge is 0.0141 e. The van der Waals surface area contributed by atoms with Crippen LogP contribution in [-0.4, -0.2) is 0 Å². The van der Waals surface area contributed by atoms with Crippen molar-refractivity contribution in [3.63, 3.8) is 0 Å². The summed E-state index contributed by atoms with van der Waals surface area (Å²) in [5.41, 5.74) is 1.41. The summed E-state index contributed by atoms with van der Waals surface area (Å²) in [5.74, 6) is 3.98. The van der Waals surface area contributed by atoms with Gasteiger partial charge >= 0.3 is 0 Å². The molecule has 1 saturated carbocycles. The molecular formula is C24H38. The Morgan fingerprint density at radius 2 is 2.04 bits per heavy atom. The molecule has 2 aliphatic carbocycles. The van der Waals surface area contributed by atoms with Crippen LogP contribution in [-0.2, 0) is 0 Å². The number of allylic oxidation sites excluding steroid dienone is 5. The molecular weight excluding hydrogens is 288 g/mol. The van der Waals surface area contributed by atoms with Crippen LogP contribution >= 0.6 is 0 Å². The van der Waals surface area contributed by atoms with E-state index >= 15 is 0 Å². The highest BCUT2D eigenvalue weighted by Gasteiger charge is 2.36. The van der Waals surface area contributed by atoms with E-state index in [2.05, 4.69) is 51.0 Å². The first-order valence-corrected chi connectivity index (χ1v) is 10.3. The monoisotopic (exact) mass is 326 g/mol. The summed E-state index contributed by atoms with van der Waals surface area (Å²) < 4.78 is 0. The topological polar surface area (TPSA) is 0 Å². The van der Waals surface area contributed by atoms with Crippen molar-refractivity contribution in [2.75, 3.05) is 0 Å². The van der Waals surface area contributed by atoms with Crippen LogP contribution in [0.15, 0.2) is 49.6 Å². The molecule has 0 saturated heterocycles. The Labute approximate surface area is 150 Å². The summed E-state index contributed by atoms with van der Waals surface area (Å²) in [6.45, 7) is 14.7. The molecule has 0 aromatic carbocycles. The maximum Gasteiger partial charge on any atom is -0.0141 e. The lowest BCUT2D eigenvalue weighted by atomic mass is 9.69. The van der Waals surface area contributed by atoms with E-state index in [1.165, 1.54) is 63.4 Å². The van der Waals surface area contributed by atoms with Gasteiger partial charge in [0.2, 0.25) is 0 Å². The van der Waals surface area contributed by atoms with E-state index in [1.54, 1.807) is 0 Å². The van der Waals surface area contributed by atoms with Gasteiger partial charge in [-0.3, -0.25) is 0 Å². The zero-order chi connectivity index (χ0) is 17.4. The fraction of sp³-hybridized carbons (Fsp3) is 0.667. The number of unbranched alkanes of at least 4 members (excludes halogenated alkanes) is 1. The van der Waals surface area contributed by atoms with Gasteiger partial charge in [-0.1, -0.05) is 56.2 Å². The van der Waals surface area contributed by atoms with Crippen LogP contribution in [0.3, 0.4) is 0 Å². The first-order valence-electron chi connectivity index (χ1n) is 10.3. The normalized spacial score (nSPS) is 29.9. The molecule has 0 radical (unpaired) electrons. The van der Waals surface area contributed by atoms with Crippen LogP contribution in [0.1, 0.15) is 71.1 Å². The molecule has 2 aliphatic rings. The van der Waals surface area contributed by atoms with Crippen LogP contribution in [0.4, 0.5) is 0 Å². The molecule has 134 valence electrons. The van der Waals surface area contributed by atoms with E-state index in [9.17, 15) is 0 Å². The Bertz CT molecular complexity index is 441. The zero-order valence-electron chi connectivity index (χ0n) is 15.9. The average Bonchev–Trinajstić information content (AvgIpc) is 2.96. The minimum absolute atomic E-state index is 0.739. The summed E-state index contributed by atoms with van der Waals surface area (Å²) in [6.07, 6.45) is 22.2. The van der Waals surface area contributed by atoms with Crippen LogP contribution in [0.5, 0.6) is 0 Å². The highest BCUT2D eigenvalue weighted by Crippen LogP contribution is 2.46. The third-order valence-electron chi connectivity index (χ3n) is 6.50. The van der Waals surface area contributed by atoms with Crippen molar-refractivity contribution in [1.29, 1.82) is 0 Å². The first kappa shape index (κ1) is 19.3.